The highest BCUT2D eigenvalue weighted by Crippen LogP contribution is 2.34. The van der Waals surface area contributed by atoms with Crippen LogP contribution in [0.1, 0.15) is 50.0 Å². The van der Waals surface area contributed by atoms with Gasteiger partial charge in [0, 0.05) is 20.3 Å². The molecule has 2 nitrogen and oxygen atoms in total. The second kappa shape index (κ2) is 6.78. The van der Waals surface area contributed by atoms with Crippen LogP contribution in [-0.2, 0) is 5.41 Å². The van der Waals surface area contributed by atoms with Crippen LogP contribution in [0.25, 0.3) is 0 Å². The van der Waals surface area contributed by atoms with Crippen LogP contribution in [0, 0.1) is 0 Å². The average molecular weight is 388 g/mol. The standard InChI is InChI=1S/C16H20BrClN2S/c1-5-19-14(11-8-10(18)6-7-12(11)17)15-20-13(9-21-15)16(2,3)4/h6-9,14,19H,5H2,1-4H3. The molecule has 1 aromatic carbocycles. The number of hydrogen-bond donors (Lipinski definition) is 1. The Kier molecular flexibility index (Phi) is 5.47. The number of nitrogens with one attached hydrogen (secondary N) is 1. The fraction of sp³-hybridized carbons (Fsp3) is 0.438. The van der Waals surface area contributed by atoms with E-state index in [9.17, 15) is 0 Å². The monoisotopic (exact) mass is 386 g/mol. The van der Waals surface area contributed by atoms with Crippen LogP contribution in [0.3, 0.4) is 0 Å². The van der Waals surface area contributed by atoms with Gasteiger partial charge in [0.25, 0.3) is 0 Å². The lowest BCUT2D eigenvalue weighted by Crippen LogP contribution is -2.23. The van der Waals surface area contributed by atoms with E-state index in [4.69, 9.17) is 16.6 Å². The Morgan fingerprint density at radius 2 is 2.10 bits per heavy atom. The first-order valence-electron chi connectivity index (χ1n) is 6.97. The first-order valence-corrected chi connectivity index (χ1v) is 9.02. The van der Waals surface area contributed by atoms with Crippen molar-refractivity contribution in [1.29, 1.82) is 0 Å². The van der Waals surface area contributed by atoms with E-state index in [-0.39, 0.29) is 11.5 Å². The summed E-state index contributed by atoms with van der Waals surface area (Å²) in [5.41, 5.74) is 2.32. The Hall–Kier alpha value is -0.420. The predicted molar refractivity (Wildman–Crippen MR) is 95.5 cm³/mol. The zero-order valence-corrected chi connectivity index (χ0v) is 15.9. The van der Waals surface area contributed by atoms with Gasteiger partial charge in [0.15, 0.2) is 0 Å². The van der Waals surface area contributed by atoms with Crippen LogP contribution >= 0.6 is 38.9 Å². The summed E-state index contributed by atoms with van der Waals surface area (Å²) >= 11 is 11.5. The Bertz CT molecular complexity index is 619. The third kappa shape index (κ3) is 4.07. The second-order valence-corrected chi connectivity index (χ2v) is 8.16. The Labute approximate surface area is 144 Å². The highest BCUT2D eigenvalue weighted by Gasteiger charge is 2.23. The number of benzene rings is 1. The number of rotatable bonds is 4. The van der Waals surface area contributed by atoms with E-state index in [1.54, 1.807) is 11.3 Å². The van der Waals surface area contributed by atoms with Crippen molar-refractivity contribution in [1.82, 2.24) is 10.3 Å². The third-order valence-electron chi connectivity index (χ3n) is 3.21. The van der Waals surface area contributed by atoms with E-state index < -0.39 is 0 Å². The fourth-order valence-electron chi connectivity index (χ4n) is 2.03. The molecule has 114 valence electrons. The highest BCUT2D eigenvalue weighted by molar-refractivity contribution is 9.10. The smallest absolute Gasteiger partial charge is 0.114 e. The van der Waals surface area contributed by atoms with Gasteiger partial charge in [-0.2, -0.15) is 0 Å². The topological polar surface area (TPSA) is 24.9 Å². The number of thiazole rings is 1. The summed E-state index contributed by atoms with van der Waals surface area (Å²) in [6, 6.07) is 5.93. The lowest BCUT2D eigenvalue weighted by Gasteiger charge is -2.19. The van der Waals surface area contributed by atoms with Crippen LogP contribution < -0.4 is 5.32 Å². The largest absolute Gasteiger partial charge is 0.305 e. The van der Waals surface area contributed by atoms with E-state index in [0.29, 0.717) is 0 Å². The molecular weight excluding hydrogens is 368 g/mol. The van der Waals surface area contributed by atoms with Gasteiger partial charge in [-0.3, -0.25) is 0 Å². The molecular formula is C16H20BrClN2S. The van der Waals surface area contributed by atoms with Gasteiger partial charge in [0.2, 0.25) is 0 Å². The predicted octanol–water partition coefficient (Wildman–Crippen LogP) is 5.56. The second-order valence-electron chi connectivity index (χ2n) is 5.98. The maximum atomic E-state index is 6.16. The van der Waals surface area contributed by atoms with Crippen LogP contribution in [0.15, 0.2) is 28.1 Å². The van der Waals surface area contributed by atoms with Gasteiger partial charge in [0.05, 0.1) is 11.7 Å². The molecule has 0 spiro atoms. The first-order chi connectivity index (χ1) is 9.82. The van der Waals surface area contributed by atoms with Crippen LogP contribution in [0.5, 0.6) is 0 Å². The van der Waals surface area contributed by atoms with Gasteiger partial charge in [-0.15, -0.1) is 11.3 Å². The van der Waals surface area contributed by atoms with Crippen molar-refractivity contribution < 1.29 is 0 Å². The van der Waals surface area contributed by atoms with Crippen molar-refractivity contribution in [2.24, 2.45) is 0 Å². The van der Waals surface area contributed by atoms with Crippen molar-refractivity contribution in [2.45, 2.75) is 39.2 Å². The summed E-state index contributed by atoms with van der Waals surface area (Å²) in [6.45, 7) is 9.52. The van der Waals surface area contributed by atoms with Gasteiger partial charge in [-0.1, -0.05) is 55.2 Å². The molecule has 0 aliphatic rings. The van der Waals surface area contributed by atoms with E-state index in [2.05, 4.69) is 54.3 Å². The Balaban J connectivity index is 2.44. The highest BCUT2D eigenvalue weighted by atomic mass is 79.9. The van der Waals surface area contributed by atoms with E-state index in [1.165, 1.54) is 0 Å². The number of hydrogen-bond acceptors (Lipinski definition) is 3. The quantitative estimate of drug-likeness (QED) is 0.743. The van der Waals surface area contributed by atoms with Crippen molar-refractivity contribution in [3.8, 4) is 0 Å². The maximum absolute atomic E-state index is 6.16. The lowest BCUT2D eigenvalue weighted by atomic mass is 9.93. The molecule has 1 heterocycles. The van der Waals surface area contributed by atoms with Gasteiger partial charge >= 0.3 is 0 Å². The summed E-state index contributed by atoms with van der Waals surface area (Å²) in [6.07, 6.45) is 0. The van der Waals surface area contributed by atoms with Crippen molar-refractivity contribution in [3.05, 3.63) is 49.3 Å². The van der Waals surface area contributed by atoms with Gasteiger partial charge in [0.1, 0.15) is 5.01 Å². The summed E-state index contributed by atoms with van der Waals surface area (Å²) in [4.78, 5) is 4.84. The minimum atomic E-state index is 0.0594. The number of aromatic nitrogens is 1. The molecule has 0 radical (unpaired) electrons. The molecule has 0 aliphatic carbocycles. The summed E-state index contributed by atoms with van der Waals surface area (Å²) in [7, 11) is 0. The third-order valence-corrected chi connectivity index (χ3v) is 5.08. The van der Waals surface area contributed by atoms with Crippen molar-refractivity contribution in [2.75, 3.05) is 6.54 Å². The molecule has 1 aromatic heterocycles. The zero-order valence-electron chi connectivity index (χ0n) is 12.7. The molecule has 2 aromatic rings. The fourth-order valence-corrected chi connectivity index (χ4v) is 3.83. The molecule has 0 amide bonds. The van der Waals surface area contributed by atoms with Crippen LogP contribution in [0.2, 0.25) is 5.02 Å². The Morgan fingerprint density at radius 3 is 2.67 bits per heavy atom. The van der Waals surface area contributed by atoms with Crippen molar-refractivity contribution in [3.63, 3.8) is 0 Å². The minimum Gasteiger partial charge on any atom is -0.305 e. The van der Waals surface area contributed by atoms with Gasteiger partial charge in [-0.05, 0) is 30.3 Å². The zero-order chi connectivity index (χ0) is 15.6. The molecule has 0 bridgehead atoms. The molecule has 5 heteroatoms. The molecule has 1 atom stereocenters. The number of nitrogens with zero attached hydrogens (tertiary/aromatic N) is 1. The van der Waals surface area contributed by atoms with Crippen LogP contribution in [0.4, 0.5) is 0 Å². The summed E-state index contributed by atoms with van der Waals surface area (Å²) in [5.74, 6) is 0. The Morgan fingerprint density at radius 1 is 1.38 bits per heavy atom. The molecule has 0 aliphatic heterocycles. The molecule has 21 heavy (non-hydrogen) atoms. The summed E-state index contributed by atoms with van der Waals surface area (Å²) in [5, 5.41) is 7.47. The van der Waals surface area contributed by atoms with Gasteiger partial charge in [-0.25, -0.2) is 4.98 Å². The first kappa shape index (κ1) is 16.9. The minimum absolute atomic E-state index is 0.0594. The molecule has 1 unspecified atom stereocenters. The normalized spacial score (nSPS) is 13.4. The SMILES string of the molecule is CCNC(c1nc(C(C)(C)C)cs1)c1cc(Cl)ccc1Br. The molecule has 0 saturated heterocycles. The van der Waals surface area contributed by atoms with E-state index in [1.807, 2.05) is 18.2 Å². The molecule has 0 saturated carbocycles. The number of halogens is 2. The molecule has 2 rings (SSSR count). The van der Waals surface area contributed by atoms with E-state index >= 15 is 0 Å². The van der Waals surface area contributed by atoms with Gasteiger partial charge < -0.3 is 5.32 Å². The average Bonchev–Trinajstić information content (AvgIpc) is 2.88. The van der Waals surface area contributed by atoms with E-state index in [0.717, 1.165) is 32.3 Å². The molecule has 0 fully saturated rings. The van der Waals surface area contributed by atoms with Crippen LogP contribution in [-0.4, -0.2) is 11.5 Å². The maximum Gasteiger partial charge on any atom is 0.114 e. The van der Waals surface area contributed by atoms with Crippen molar-refractivity contribution >= 4 is 38.9 Å². The molecule has 1 N–H and O–H groups in total. The lowest BCUT2D eigenvalue weighted by molar-refractivity contribution is 0.562. The summed E-state index contributed by atoms with van der Waals surface area (Å²) < 4.78 is 1.05.